The van der Waals surface area contributed by atoms with E-state index in [1.54, 1.807) is 0 Å². The van der Waals surface area contributed by atoms with Crippen LogP contribution < -0.4 is 5.32 Å². The summed E-state index contributed by atoms with van der Waals surface area (Å²) >= 11 is 0. The van der Waals surface area contributed by atoms with Crippen LogP contribution in [0.25, 0.3) is 0 Å². The van der Waals surface area contributed by atoms with E-state index >= 15 is 0 Å². The smallest absolute Gasteiger partial charge is 0.326 e. The van der Waals surface area contributed by atoms with Gasteiger partial charge in [-0.1, -0.05) is 12.1 Å². The summed E-state index contributed by atoms with van der Waals surface area (Å²) in [5, 5.41) is 11.7. The number of amides is 1. The van der Waals surface area contributed by atoms with Crippen molar-refractivity contribution >= 4 is 11.9 Å². The van der Waals surface area contributed by atoms with Crippen molar-refractivity contribution in [2.45, 2.75) is 51.2 Å². The molecule has 1 amide bonds. The van der Waals surface area contributed by atoms with E-state index in [0.717, 1.165) is 6.07 Å². The summed E-state index contributed by atoms with van der Waals surface area (Å²) in [6.45, 7) is 5.74. The van der Waals surface area contributed by atoms with Crippen molar-refractivity contribution in [2.75, 3.05) is 6.61 Å². The molecule has 0 radical (unpaired) electrons. The third-order valence-corrected chi connectivity index (χ3v) is 4.06. The predicted octanol–water partition coefficient (Wildman–Crippen LogP) is 2.84. The van der Waals surface area contributed by atoms with E-state index < -0.39 is 47.0 Å². The first-order valence-corrected chi connectivity index (χ1v) is 8.21. The van der Waals surface area contributed by atoms with Gasteiger partial charge in [-0.05, 0) is 44.7 Å². The molecule has 3 unspecified atom stereocenters. The Labute approximate surface area is 145 Å². The molecule has 25 heavy (non-hydrogen) atoms. The second-order valence-corrected chi connectivity index (χ2v) is 7.24. The summed E-state index contributed by atoms with van der Waals surface area (Å²) in [5.41, 5.74) is -0.244. The normalized spacial score (nSPS) is 20.8. The Bertz CT molecular complexity index is 657. The van der Waals surface area contributed by atoms with Gasteiger partial charge < -0.3 is 15.2 Å². The van der Waals surface area contributed by atoms with Crippen LogP contribution in [0, 0.1) is 17.6 Å². The van der Waals surface area contributed by atoms with Crippen LogP contribution in [-0.4, -0.2) is 35.2 Å². The molecule has 2 N–H and O–H groups in total. The van der Waals surface area contributed by atoms with E-state index in [1.165, 1.54) is 12.1 Å². The van der Waals surface area contributed by atoms with Gasteiger partial charge in [-0.25, -0.2) is 13.6 Å². The maximum atomic E-state index is 13.8. The zero-order valence-corrected chi connectivity index (χ0v) is 14.5. The summed E-state index contributed by atoms with van der Waals surface area (Å²) in [4.78, 5) is 23.5. The molecular weight excluding hydrogens is 332 g/mol. The average molecular weight is 355 g/mol. The number of nitrogens with one attached hydrogen (secondary N) is 1. The Hall–Kier alpha value is -2.02. The number of halogens is 2. The highest BCUT2D eigenvalue weighted by Gasteiger charge is 2.46. The molecule has 1 aromatic carbocycles. The van der Waals surface area contributed by atoms with E-state index in [2.05, 4.69) is 5.32 Å². The molecule has 7 heteroatoms. The van der Waals surface area contributed by atoms with Crippen molar-refractivity contribution in [1.29, 1.82) is 0 Å². The molecule has 2 rings (SSSR count). The topological polar surface area (TPSA) is 75.6 Å². The van der Waals surface area contributed by atoms with Crippen LogP contribution in [0.4, 0.5) is 8.78 Å². The summed E-state index contributed by atoms with van der Waals surface area (Å²) in [6.07, 6.45) is 0.501. The fraction of sp³-hybridized carbons (Fsp3) is 0.556. The molecule has 138 valence electrons. The van der Waals surface area contributed by atoms with Crippen molar-refractivity contribution in [2.24, 2.45) is 5.92 Å². The molecule has 0 bridgehead atoms. The highest BCUT2D eigenvalue weighted by molar-refractivity contribution is 5.87. The van der Waals surface area contributed by atoms with Crippen LogP contribution in [0.1, 0.15) is 45.1 Å². The molecule has 0 spiro atoms. The van der Waals surface area contributed by atoms with E-state index in [9.17, 15) is 23.5 Å². The van der Waals surface area contributed by atoms with Crippen molar-refractivity contribution < 1.29 is 28.2 Å². The Balaban J connectivity index is 1.92. The molecule has 3 atom stereocenters. The van der Waals surface area contributed by atoms with Crippen molar-refractivity contribution in [3.63, 3.8) is 0 Å². The highest BCUT2D eigenvalue weighted by Crippen LogP contribution is 2.48. The Morgan fingerprint density at radius 1 is 1.36 bits per heavy atom. The molecule has 0 saturated heterocycles. The van der Waals surface area contributed by atoms with Gasteiger partial charge in [-0.15, -0.1) is 0 Å². The van der Waals surface area contributed by atoms with E-state index in [-0.39, 0.29) is 18.6 Å². The van der Waals surface area contributed by atoms with Gasteiger partial charge in [0.1, 0.15) is 6.04 Å². The number of carbonyl (C=O) groups is 2. The number of benzene rings is 1. The van der Waals surface area contributed by atoms with Gasteiger partial charge in [0, 0.05) is 18.9 Å². The number of ether oxygens (including phenoxy) is 1. The van der Waals surface area contributed by atoms with Crippen molar-refractivity contribution in [1.82, 2.24) is 5.32 Å². The second-order valence-electron chi connectivity index (χ2n) is 7.24. The molecule has 0 heterocycles. The summed E-state index contributed by atoms with van der Waals surface area (Å²) in [7, 11) is 0. The number of carboxylic acids is 1. The Morgan fingerprint density at radius 2 is 2.04 bits per heavy atom. The molecule has 1 saturated carbocycles. The van der Waals surface area contributed by atoms with Gasteiger partial charge in [0.2, 0.25) is 5.91 Å². The number of carbonyl (C=O) groups excluding carboxylic acids is 1. The first-order valence-electron chi connectivity index (χ1n) is 8.21. The summed E-state index contributed by atoms with van der Waals surface area (Å²) in [5.74, 6) is -4.48. The fourth-order valence-corrected chi connectivity index (χ4v) is 2.65. The van der Waals surface area contributed by atoms with E-state index in [4.69, 9.17) is 4.74 Å². The van der Waals surface area contributed by atoms with Crippen LogP contribution in [0.2, 0.25) is 0 Å². The monoisotopic (exact) mass is 355 g/mol. The largest absolute Gasteiger partial charge is 0.480 e. The third-order valence-electron chi connectivity index (χ3n) is 4.06. The predicted molar refractivity (Wildman–Crippen MR) is 87.1 cm³/mol. The minimum atomic E-state index is -1.15. The molecule has 1 fully saturated rings. The number of aliphatic carboxylic acids is 1. The van der Waals surface area contributed by atoms with Crippen LogP contribution in [-0.2, 0) is 14.3 Å². The zero-order chi connectivity index (χ0) is 18.8. The van der Waals surface area contributed by atoms with Crippen LogP contribution in [0.3, 0.4) is 0 Å². The summed E-state index contributed by atoms with van der Waals surface area (Å²) < 4.78 is 32.5. The Kier molecular flexibility index (Phi) is 5.77. The number of carboxylic acid groups (broad SMARTS) is 1. The fourth-order valence-electron chi connectivity index (χ4n) is 2.65. The number of hydrogen-bond acceptors (Lipinski definition) is 3. The van der Waals surface area contributed by atoms with Gasteiger partial charge in [0.15, 0.2) is 11.6 Å². The van der Waals surface area contributed by atoms with Crippen molar-refractivity contribution in [3.8, 4) is 0 Å². The second kappa shape index (κ2) is 7.47. The van der Waals surface area contributed by atoms with Gasteiger partial charge in [0.05, 0.1) is 5.60 Å². The molecule has 1 aromatic rings. The molecule has 5 nitrogen and oxygen atoms in total. The van der Waals surface area contributed by atoms with Gasteiger partial charge >= 0.3 is 5.97 Å². The zero-order valence-electron chi connectivity index (χ0n) is 14.5. The lowest BCUT2D eigenvalue weighted by Crippen LogP contribution is -2.42. The van der Waals surface area contributed by atoms with Gasteiger partial charge in [-0.3, -0.25) is 4.79 Å². The van der Waals surface area contributed by atoms with Crippen LogP contribution in [0.5, 0.6) is 0 Å². The maximum Gasteiger partial charge on any atom is 0.326 e. The lowest BCUT2D eigenvalue weighted by atomic mass is 10.1. The first-order chi connectivity index (χ1) is 11.6. The van der Waals surface area contributed by atoms with Crippen molar-refractivity contribution in [3.05, 3.63) is 35.4 Å². The van der Waals surface area contributed by atoms with Gasteiger partial charge in [0.25, 0.3) is 0 Å². The number of hydrogen-bond donors (Lipinski definition) is 2. The molecular formula is C18H23F2NO4. The van der Waals surface area contributed by atoms with E-state index in [0.29, 0.717) is 6.42 Å². The highest BCUT2D eigenvalue weighted by atomic mass is 19.2. The molecule has 0 aromatic heterocycles. The SMILES string of the molecule is CC(C)(C)OCCC(NC(=O)C1CC1c1cccc(F)c1F)C(=O)O. The molecule has 1 aliphatic carbocycles. The third kappa shape index (κ3) is 5.22. The standard InChI is InChI=1S/C18H23F2NO4/c1-18(2,3)25-8-7-14(17(23)24)21-16(22)12-9-11(12)10-5-4-6-13(19)15(10)20/h4-6,11-12,14H,7-9H2,1-3H3,(H,21,22)(H,23,24). The molecule has 0 aliphatic heterocycles. The maximum absolute atomic E-state index is 13.8. The van der Waals surface area contributed by atoms with E-state index in [1.807, 2.05) is 20.8 Å². The first kappa shape index (κ1) is 19.3. The minimum Gasteiger partial charge on any atom is -0.480 e. The lowest BCUT2D eigenvalue weighted by molar-refractivity contribution is -0.143. The van der Waals surface area contributed by atoms with Crippen LogP contribution >= 0.6 is 0 Å². The van der Waals surface area contributed by atoms with Crippen LogP contribution in [0.15, 0.2) is 18.2 Å². The quantitative estimate of drug-likeness (QED) is 0.789. The lowest BCUT2D eigenvalue weighted by Gasteiger charge is -2.21. The Morgan fingerprint density at radius 3 is 2.64 bits per heavy atom. The minimum absolute atomic E-state index is 0.129. The molecule has 1 aliphatic rings. The average Bonchev–Trinajstić information content (AvgIpc) is 3.28. The number of rotatable bonds is 7. The summed E-state index contributed by atoms with van der Waals surface area (Å²) in [6, 6.07) is 2.78. The van der Waals surface area contributed by atoms with Gasteiger partial charge in [-0.2, -0.15) is 0 Å².